The zero-order valence-electron chi connectivity index (χ0n) is 12.1. The highest BCUT2D eigenvalue weighted by atomic mass is 19.1. The van der Waals surface area contributed by atoms with Gasteiger partial charge >= 0.3 is 0 Å². The van der Waals surface area contributed by atoms with Crippen molar-refractivity contribution < 1.29 is 9.13 Å². The third-order valence-corrected chi connectivity index (χ3v) is 3.19. The standard InChI is InChI=1S/C15H20FN3O/c1-4-7-19(2)10-12-9-17-18-15(12)11-5-6-14(20-3)13(16)8-11/h5-6,8-9H,4,7,10H2,1-3H3,(H,17,18). The molecule has 4 nitrogen and oxygen atoms in total. The maximum Gasteiger partial charge on any atom is 0.165 e. The lowest BCUT2D eigenvalue weighted by molar-refractivity contribution is 0.328. The van der Waals surface area contributed by atoms with Crippen LogP contribution in [0.1, 0.15) is 18.9 Å². The minimum Gasteiger partial charge on any atom is -0.494 e. The molecular weight excluding hydrogens is 257 g/mol. The van der Waals surface area contributed by atoms with Gasteiger partial charge in [-0.2, -0.15) is 5.10 Å². The number of aromatic amines is 1. The van der Waals surface area contributed by atoms with Crippen LogP contribution in [0.25, 0.3) is 11.3 Å². The number of nitrogens with zero attached hydrogens (tertiary/aromatic N) is 2. The van der Waals surface area contributed by atoms with Crippen molar-refractivity contribution in [2.75, 3.05) is 20.7 Å². The summed E-state index contributed by atoms with van der Waals surface area (Å²) in [5, 5.41) is 7.10. The Bertz CT molecular complexity index is 568. The third-order valence-electron chi connectivity index (χ3n) is 3.19. The first kappa shape index (κ1) is 14.5. The van der Waals surface area contributed by atoms with Crippen LogP contribution in [-0.2, 0) is 6.54 Å². The van der Waals surface area contributed by atoms with Gasteiger partial charge in [0.05, 0.1) is 12.8 Å². The first-order chi connectivity index (χ1) is 9.65. The molecule has 5 heteroatoms. The summed E-state index contributed by atoms with van der Waals surface area (Å²) in [6.07, 6.45) is 2.96. The number of hydrogen-bond acceptors (Lipinski definition) is 3. The molecule has 1 N–H and O–H groups in total. The molecule has 0 fully saturated rings. The van der Waals surface area contributed by atoms with E-state index < -0.39 is 0 Å². The van der Waals surface area contributed by atoms with E-state index in [2.05, 4.69) is 29.1 Å². The maximum atomic E-state index is 13.8. The maximum absolute atomic E-state index is 13.8. The van der Waals surface area contributed by atoms with E-state index in [-0.39, 0.29) is 11.6 Å². The molecule has 1 aromatic heterocycles. The molecule has 0 saturated heterocycles. The van der Waals surface area contributed by atoms with Crippen LogP contribution in [0, 0.1) is 5.82 Å². The van der Waals surface area contributed by atoms with Crippen molar-refractivity contribution >= 4 is 0 Å². The molecule has 1 heterocycles. The summed E-state index contributed by atoms with van der Waals surface area (Å²) in [6.45, 7) is 3.94. The van der Waals surface area contributed by atoms with Crippen molar-refractivity contribution in [2.24, 2.45) is 0 Å². The Morgan fingerprint density at radius 1 is 1.40 bits per heavy atom. The van der Waals surface area contributed by atoms with E-state index in [0.29, 0.717) is 0 Å². The number of nitrogens with one attached hydrogen (secondary N) is 1. The lowest BCUT2D eigenvalue weighted by atomic mass is 10.1. The predicted molar refractivity (Wildman–Crippen MR) is 77.2 cm³/mol. The van der Waals surface area contributed by atoms with Gasteiger partial charge in [-0.25, -0.2) is 4.39 Å². The Hall–Kier alpha value is -1.88. The van der Waals surface area contributed by atoms with Gasteiger partial charge in [0.15, 0.2) is 11.6 Å². The average molecular weight is 277 g/mol. The molecule has 0 saturated carbocycles. The zero-order chi connectivity index (χ0) is 14.5. The summed E-state index contributed by atoms with van der Waals surface area (Å²) >= 11 is 0. The van der Waals surface area contributed by atoms with E-state index in [0.717, 1.165) is 36.3 Å². The third kappa shape index (κ3) is 3.17. The van der Waals surface area contributed by atoms with Gasteiger partial charge < -0.3 is 9.64 Å². The van der Waals surface area contributed by atoms with E-state index in [4.69, 9.17) is 4.74 Å². The van der Waals surface area contributed by atoms with Gasteiger partial charge in [0.25, 0.3) is 0 Å². The molecular formula is C15H20FN3O. The quantitative estimate of drug-likeness (QED) is 0.882. The van der Waals surface area contributed by atoms with Crippen LogP contribution in [0.5, 0.6) is 5.75 Å². The highest BCUT2D eigenvalue weighted by molar-refractivity contribution is 5.63. The monoisotopic (exact) mass is 277 g/mol. The largest absolute Gasteiger partial charge is 0.494 e. The summed E-state index contributed by atoms with van der Waals surface area (Å²) in [5.41, 5.74) is 2.60. The molecule has 0 aliphatic heterocycles. The molecule has 1 aromatic carbocycles. The van der Waals surface area contributed by atoms with Gasteiger partial charge in [-0.3, -0.25) is 5.10 Å². The normalized spacial score (nSPS) is 11.1. The van der Waals surface area contributed by atoms with Gasteiger partial charge in [0.1, 0.15) is 0 Å². The highest BCUT2D eigenvalue weighted by Crippen LogP contribution is 2.26. The minimum atomic E-state index is -0.374. The number of aromatic nitrogens is 2. The van der Waals surface area contributed by atoms with Gasteiger partial charge in [-0.1, -0.05) is 6.92 Å². The lowest BCUT2D eigenvalue weighted by Gasteiger charge is -2.15. The number of methoxy groups -OCH3 is 1. The predicted octanol–water partition coefficient (Wildman–Crippen LogP) is 3.07. The topological polar surface area (TPSA) is 41.2 Å². The van der Waals surface area contributed by atoms with E-state index in [1.807, 2.05) is 12.3 Å². The second kappa shape index (κ2) is 6.52. The first-order valence-corrected chi connectivity index (χ1v) is 6.70. The van der Waals surface area contributed by atoms with Crippen molar-refractivity contribution in [1.82, 2.24) is 15.1 Å². The number of rotatable bonds is 6. The second-order valence-electron chi connectivity index (χ2n) is 4.85. The fourth-order valence-corrected chi connectivity index (χ4v) is 2.25. The Balaban J connectivity index is 2.25. The average Bonchev–Trinajstić information content (AvgIpc) is 2.87. The smallest absolute Gasteiger partial charge is 0.165 e. The molecule has 0 aliphatic rings. The molecule has 2 rings (SSSR count). The van der Waals surface area contributed by atoms with Gasteiger partial charge in [-0.15, -0.1) is 0 Å². The summed E-state index contributed by atoms with van der Waals surface area (Å²) < 4.78 is 18.7. The molecule has 0 unspecified atom stereocenters. The van der Waals surface area contributed by atoms with Crippen LogP contribution in [-0.4, -0.2) is 35.8 Å². The van der Waals surface area contributed by atoms with Crippen molar-refractivity contribution in [2.45, 2.75) is 19.9 Å². The molecule has 108 valence electrons. The summed E-state index contributed by atoms with van der Waals surface area (Å²) in [6, 6.07) is 4.90. The number of ether oxygens (including phenoxy) is 1. The molecule has 0 bridgehead atoms. The Kier molecular flexibility index (Phi) is 4.74. The molecule has 0 radical (unpaired) electrons. The zero-order valence-corrected chi connectivity index (χ0v) is 12.1. The van der Waals surface area contributed by atoms with Gasteiger partial charge in [-0.05, 0) is 38.2 Å². The van der Waals surface area contributed by atoms with Crippen molar-refractivity contribution in [3.63, 3.8) is 0 Å². The molecule has 0 atom stereocenters. The Morgan fingerprint density at radius 2 is 2.20 bits per heavy atom. The lowest BCUT2D eigenvalue weighted by Crippen LogP contribution is -2.18. The van der Waals surface area contributed by atoms with Crippen LogP contribution < -0.4 is 4.74 Å². The SMILES string of the molecule is CCCN(C)Cc1c[nH]nc1-c1ccc(OC)c(F)c1. The molecule has 0 spiro atoms. The van der Waals surface area contributed by atoms with Crippen LogP contribution in [0.2, 0.25) is 0 Å². The fourth-order valence-electron chi connectivity index (χ4n) is 2.25. The molecule has 0 aliphatic carbocycles. The number of benzene rings is 1. The Morgan fingerprint density at radius 3 is 2.85 bits per heavy atom. The van der Waals surface area contributed by atoms with Gasteiger partial charge in [0.2, 0.25) is 0 Å². The minimum absolute atomic E-state index is 0.244. The summed E-state index contributed by atoms with van der Waals surface area (Å²) in [7, 11) is 3.52. The molecule has 0 amide bonds. The highest BCUT2D eigenvalue weighted by Gasteiger charge is 2.12. The fraction of sp³-hybridized carbons (Fsp3) is 0.400. The van der Waals surface area contributed by atoms with Crippen LogP contribution in [0.4, 0.5) is 4.39 Å². The van der Waals surface area contributed by atoms with Crippen molar-refractivity contribution in [1.29, 1.82) is 0 Å². The van der Waals surface area contributed by atoms with E-state index in [1.54, 1.807) is 6.07 Å². The van der Waals surface area contributed by atoms with Crippen molar-refractivity contribution in [3.8, 4) is 17.0 Å². The van der Waals surface area contributed by atoms with E-state index in [9.17, 15) is 4.39 Å². The van der Waals surface area contributed by atoms with Gasteiger partial charge in [0, 0.05) is 23.9 Å². The number of hydrogen-bond donors (Lipinski definition) is 1. The van der Waals surface area contributed by atoms with Crippen LogP contribution in [0.3, 0.4) is 0 Å². The summed E-state index contributed by atoms with van der Waals surface area (Å²) in [5.74, 6) is -0.130. The molecule has 2 aromatic rings. The van der Waals surface area contributed by atoms with Crippen molar-refractivity contribution in [3.05, 3.63) is 35.8 Å². The number of H-pyrrole nitrogens is 1. The number of halogens is 1. The van der Waals surface area contributed by atoms with E-state index >= 15 is 0 Å². The second-order valence-corrected chi connectivity index (χ2v) is 4.85. The van der Waals surface area contributed by atoms with Crippen LogP contribution >= 0.6 is 0 Å². The van der Waals surface area contributed by atoms with Crippen LogP contribution in [0.15, 0.2) is 24.4 Å². The van der Waals surface area contributed by atoms with E-state index in [1.165, 1.54) is 13.2 Å². The summed E-state index contributed by atoms with van der Waals surface area (Å²) in [4.78, 5) is 2.22. The first-order valence-electron chi connectivity index (χ1n) is 6.70. The molecule has 20 heavy (non-hydrogen) atoms. The Labute approximate surface area is 118 Å².